The maximum absolute atomic E-state index is 3.71. The fourth-order valence-corrected chi connectivity index (χ4v) is 2.71. The van der Waals surface area contributed by atoms with E-state index in [2.05, 4.69) is 72.0 Å². The summed E-state index contributed by atoms with van der Waals surface area (Å²) in [5.74, 6) is 0. The van der Waals surface area contributed by atoms with Gasteiger partial charge < -0.3 is 5.32 Å². The van der Waals surface area contributed by atoms with Crippen LogP contribution in [0.3, 0.4) is 0 Å². The number of rotatable bonds is 8. The topological polar surface area (TPSA) is 15.3 Å². The van der Waals surface area contributed by atoms with E-state index >= 15 is 0 Å². The molecule has 1 atom stereocenters. The average molecular weight is 327 g/mol. The summed E-state index contributed by atoms with van der Waals surface area (Å²) in [6, 6.07) is 7.36. The van der Waals surface area contributed by atoms with E-state index in [-0.39, 0.29) is 0 Å². The first kappa shape index (κ1) is 16.7. The lowest BCUT2D eigenvalue weighted by Crippen LogP contribution is -2.31. The van der Waals surface area contributed by atoms with Crippen molar-refractivity contribution >= 4 is 15.9 Å². The summed E-state index contributed by atoms with van der Waals surface area (Å²) in [7, 11) is 0. The van der Waals surface area contributed by atoms with E-state index in [0.717, 1.165) is 26.2 Å². The summed E-state index contributed by atoms with van der Waals surface area (Å²) in [5, 5.41) is 3.36. The fourth-order valence-electron chi connectivity index (χ4n) is 2.15. The first-order chi connectivity index (χ1) is 9.12. The molecule has 0 amide bonds. The second-order valence-electron chi connectivity index (χ2n) is 5.03. The van der Waals surface area contributed by atoms with E-state index in [9.17, 15) is 0 Å². The van der Waals surface area contributed by atoms with Crippen molar-refractivity contribution in [2.45, 2.75) is 53.2 Å². The lowest BCUT2D eigenvalue weighted by molar-refractivity contribution is 0.205. The molecular formula is C16H27BrN2. The predicted molar refractivity (Wildman–Crippen MR) is 87.4 cm³/mol. The molecule has 0 fully saturated rings. The Morgan fingerprint density at radius 1 is 1.26 bits per heavy atom. The molecule has 0 spiro atoms. The van der Waals surface area contributed by atoms with E-state index in [4.69, 9.17) is 0 Å². The average Bonchev–Trinajstić information content (AvgIpc) is 2.43. The first-order valence-electron chi connectivity index (χ1n) is 7.34. The molecule has 1 N–H and O–H groups in total. The van der Waals surface area contributed by atoms with Crippen molar-refractivity contribution in [2.24, 2.45) is 0 Å². The van der Waals surface area contributed by atoms with Crippen molar-refractivity contribution < 1.29 is 0 Å². The van der Waals surface area contributed by atoms with E-state index < -0.39 is 0 Å². The van der Waals surface area contributed by atoms with E-state index in [0.29, 0.717) is 6.04 Å². The largest absolute Gasteiger partial charge is 0.313 e. The van der Waals surface area contributed by atoms with E-state index in [1.165, 1.54) is 22.0 Å². The minimum atomic E-state index is 0.637. The van der Waals surface area contributed by atoms with Gasteiger partial charge in [-0.05, 0) is 43.6 Å². The third-order valence-electron chi connectivity index (χ3n) is 3.69. The van der Waals surface area contributed by atoms with E-state index in [1.807, 2.05) is 0 Å². The third-order valence-corrected chi connectivity index (χ3v) is 4.43. The predicted octanol–water partition coefficient (Wildman–Crippen LogP) is 4.18. The third kappa shape index (κ3) is 5.25. The van der Waals surface area contributed by atoms with Crippen LogP contribution in [-0.2, 0) is 13.1 Å². The van der Waals surface area contributed by atoms with Gasteiger partial charge >= 0.3 is 0 Å². The monoisotopic (exact) mass is 326 g/mol. The number of hydrogen-bond acceptors (Lipinski definition) is 2. The molecule has 3 heteroatoms. The van der Waals surface area contributed by atoms with Gasteiger partial charge in [-0.3, -0.25) is 4.90 Å². The Hall–Kier alpha value is -0.380. The van der Waals surface area contributed by atoms with Crippen LogP contribution in [0.2, 0.25) is 0 Å². The molecule has 19 heavy (non-hydrogen) atoms. The van der Waals surface area contributed by atoms with Crippen LogP contribution in [0.25, 0.3) is 0 Å². The zero-order valence-corrected chi connectivity index (χ0v) is 14.3. The van der Waals surface area contributed by atoms with Crippen LogP contribution in [0.15, 0.2) is 22.7 Å². The Kier molecular flexibility index (Phi) is 7.66. The Morgan fingerprint density at radius 3 is 2.53 bits per heavy atom. The SMILES string of the molecule is CCNCc1ccc(CN(CC)C(C)CC)c(Br)c1. The minimum Gasteiger partial charge on any atom is -0.313 e. The zero-order valence-electron chi connectivity index (χ0n) is 12.7. The van der Waals surface area contributed by atoms with Crippen molar-refractivity contribution in [3.8, 4) is 0 Å². The van der Waals surface area contributed by atoms with Gasteiger partial charge in [-0.1, -0.05) is 48.8 Å². The number of nitrogens with one attached hydrogen (secondary N) is 1. The maximum atomic E-state index is 3.71. The summed E-state index contributed by atoms with van der Waals surface area (Å²) in [6.07, 6.45) is 1.20. The van der Waals surface area contributed by atoms with Crippen LogP contribution in [-0.4, -0.2) is 24.0 Å². The van der Waals surface area contributed by atoms with E-state index in [1.54, 1.807) is 0 Å². The van der Waals surface area contributed by atoms with Crippen LogP contribution in [0.1, 0.15) is 45.2 Å². The van der Waals surface area contributed by atoms with Crippen molar-refractivity contribution in [3.05, 3.63) is 33.8 Å². The lowest BCUT2D eigenvalue weighted by Gasteiger charge is -2.27. The van der Waals surface area contributed by atoms with Gasteiger partial charge in [0.2, 0.25) is 0 Å². The summed E-state index contributed by atoms with van der Waals surface area (Å²) in [6.45, 7) is 13.0. The van der Waals surface area contributed by atoms with Gasteiger partial charge in [-0.25, -0.2) is 0 Å². The van der Waals surface area contributed by atoms with Crippen molar-refractivity contribution in [3.63, 3.8) is 0 Å². The molecule has 2 nitrogen and oxygen atoms in total. The smallest absolute Gasteiger partial charge is 0.0247 e. The molecule has 0 aliphatic carbocycles. The van der Waals surface area contributed by atoms with Crippen molar-refractivity contribution in [2.75, 3.05) is 13.1 Å². The van der Waals surface area contributed by atoms with Gasteiger partial charge in [0.25, 0.3) is 0 Å². The summed E-state index contributed by atoms with van der Waals surface area (Å²) in [5.41, 5.74) is 2.71. The molecule has 0 saturated heterocycles. The molecular weight excluding hydrogens is 300 g/mol. The summed E-state index contributed by atoms with van der Waals surface area (Å²) in [4.78, 5) is 2.52. The zero-order chi connectivity index (χ0) is 14.3. The highest BCUT2D eigenvalue weighted by Crippen LogP contribution is 2.21. The van der Waals surface area contributed by atoms with Gasteiger partial charge in [-0.2, -0.15) is 0 Å². The molecule has 1 unspecified atom stereocenters. The Bertz CT molecular complexity index is 379. The maximum Gasteiger partial charge on any atom is 0.0247 e. The Balaban J connectivity index is 2.73. The second-order valence-corrected chi connectivity index (χ2v) is 5.88. The highest BCUT2D eigenvalue weighted by Gasteiger charge is 2.12. The molecule has 1 aromatic rings. The van der Waals surface area contributed by atoms with Crippen molar-refractivity contribution in [1.82, 2.24) is 10.2 Å². The molecule has 0 aliphatic heterocycles. The Labute approximate surface area is 126 Å². The molecule has 0 bridgehead atoms. The summed E-state index contributed by atoms with van der Waals surface area (Å²) >= 11 is 3.71. The minimum absolute atomic E-state index is 0.637. The number of nitrogens with zero attached hydrogens (tertiary/aromatic N) is 1. The van der Waals surface area contributed by atoms with Crippen LogP contribution < -0.4 is 5.32 Å². The summed E-state index contributed by atoms with van der Waals surface area (Å²) < 4.78 is 1.23. The van der Waals surface area contributed by atoms with Gasteiger partial charge in [0.1, 0.15) is 0 Å². The van der Waals surface area contributed by atoms with Crippen LogP contribution in [0, 0.1) is 0 Å². The van der Waals surface area contributed by atoms with Gasteiger partial charge in [0.05, 0.1) is 0 Å². The molecule has 0 radical (unpaired) electrons. The van der Waals surface area contributed by atoms with Gasteiger partial charge in [-0.15, -0.1) is 0 Å². The quantitative estimate of drug-likeness (QED) is 0.770. The molecule has 108 valence electrons. The fraction of sp³-hybridized carbons (Fsp3) is 0.625. The van der Waals surface area contributed by atoms with Gasteiger partial charge in [0.15, 0.2) is 0 Å². The molecule has 0 aromatic heterocycles. The second kappa shape index (κ2) is 8.72. The lowest BCUT2D eigenvalue weighted by atomic mass is 10.1. The highest BCUT2D eigenvalue weighted by atomic mass is 79.9. The first-order valence-corrected chi connectivity index (χ1v) is 8.13. The number of halogens is 1. The molecule has 0 aliphatic rings. The molecule has 0 saturated carbocycles. The van der Waals surface area contributed by atoms with Gasteiger partial charge in [0, 0.05) is 23.6 Å². The van der Waals surface area contributed by atoms with Crippen LogP contribution in [0.4, 0.5) is 0 Å². The normalized spacial score (nSPS) is 12.9. The van der Waals surface area contributed by atoms with Crippen LogP contribution in [0.5, 0.6) is 0 Å². The van der Waals surface area contributed by atoms with Crippen molar-refractivity contribution in [1.29, 1.82) is 0 Å². The molecule has 1 aromatic carbocycles. The number of hydrogen-bond donors (Lipinski definition) is 1. The highest BCUT2D eigenvalue weighted by molar-refractivity contribution is 9.10. The Morgan fingerprint density at radius 2 is 2.00 bits per heavy atom. The number of benzene rings is 1. The molecule has 0 heterocycles. The standard InChI is InChI=1S/C16H27BrN2/c1-5-13(4)19(7-3)12-15-9-8-14(10-16(15)17)11-18-6-2/h8-10,13,18H,5-7,11-12H2,1-4H3. The van der Waals surface area contributed by atoms with Crippen LogP contribution >= 0.6 is 15.9 Å². The molecule has 1 rings (SSSR count).